The van der Waals surface area contributed by atoms with Gasteiger partial charge in [0.1, 0.15) is 5.75 Å². The first-order valence-corrected chi connectivity index (χ1v) is 11.7. The van der Waals surface area contributed by atoms with E-state index >= 15 is 0 Å². The lowest BCUT2D eigenvalue weighted by atomic mass is 9.75. The first kappa shape index (κ1) is 21.2. The van der Waals surface area contributed by atoms with Crippen LogP contribution in [-0.4, -0.2) is 83.1 Å². The molecule has 0 aliphatic carbocycles. The molecule has 4 saturated heterocycles. The minimum absolute atomic E-state index is 0.119. The molecule has 4 unspecified atom stereocenters. The van der Waals surface area contributed by atoms with E-state index in [0.29, 0.717) is 24.4 Å². The van der Waals surface area contributed by atoms with E-state index < -0.39 is 0 Å². The molecule has 1 amide bonds. The summed E-state index contributed by atoms with van der Waals surface area (Å²) in [5.74, 6) is 1.81. The third-order valence-corrected chi connectivity index (χ3v) is 7.41. The number of nitrogens with zero attached hydrogens (tertiary/aromatic N) is 6. The van der Waals surface area contributed by atoms with Gasteiger partial charge >= 0.3 is 0 Å². The molecule has 2 N–H and O–H groups in total. The van der Waals surface area contributed by atoms with Gasteiger partial charge in [-0.3, -0.25) is 14.4 Å². The minimum atomic E-state index is 0.119. The molecule has 0 radical (unpaired) electrons. The number of piperazine rings is 1. The highest BCUT2D eigenvalue weighted by Crippen LogP contribution is 2.38. The molecule has 32 heavy (non-hydrogen) atoms. The Kier molecular flexibility index (Phi) is 6.01. The monoisotopic (exact) mass is 439 g/mol. The van der Waals surface area contributed by atoms with Crippen LogP contribution in [0.4, 0.5) is 5.69 Å². The van der Waals surface area contributed by atoms with Crippen molar-refractivity contribution in [2.75, 3.05) is 51.3 Å². The SMILES string of the molecule is COc1ccccc1N1CCN(C(=O)C2CN3CCC2CC3Cn2cc(CN)nn2)CC1. The molecule has 2 bridgehead atoms. The summed E-state index contributed by atoms with van der Waals surface area (Å²) in [5, 5.41) is 8.31. The van der Waals surface area contributed by atoms with Crippen molar-refractivity contribution in [1.82, 2.24) is 24.8 Å². The number of carbonyl (C=O) groups is 1. The van der Waals surface area contributed by atoms with E-state index in [2.05, 4.69) is 31.1 Å². The maximum absolute atomic E-state index is 13.4. The summed E-state index contributed by atoms with van der Waals surface area (Å²) in [6.45, 7) is 6.38. The number of aromatic nitrogens is 3. The molecule has 1 aromatic heterocycles. The van der Waals surface area contributed by atoms with Gasteiger partial charge < -0.3 is 20.3 Å². The molecule has 4 fully saturated rings. The van der Waals surface area contributed by atoms with Crippen LogP contribution >= 0.6 is 0 Å². The molecule has 0 saturated carbocycles. The van der Waals surface area contributed by atoms with Crippen LogP contribution in [0, 0.1) is 11.8 Å². The molecule has 2 aromatic rings. The molecule has 1 aromatic carbocycles. The van der Waals surface area contributed by atoms with Crippen molar-refractivity contribution in [1.29, 1.82) is 0 Å². The van der Waals surface area contributed by atoms with Gasteiger partial charge in [0.2, 0.25) is 5.91 Å². The van der Waals surface area contributed by atoms with Gasteiger partial charge in [0.25, 0.3) is 0 Å². The molecule has 9 nitrogen and oxygen atoms in total. The van der Waals surface area contributed by atoms with Crippen LogP contribution in [0.1, 0.15) is 18.5 Å². The zero-order valence-corrected chi connectivity index (χ0v) is 18.8. The highest BCUT2D eigenvalue weighted by atomic mass is 16.5. The lowest BCUT2D eigenvalue weighted by Gasteiger charge is -2.50. The quantitative estimate of drug-likeness (QED) is 0.712. The van der Waals surface area contributed by atoms with Gasteiger partial charge in [-0.15, -0.1) is 5.10 Å². The third-order valence-electron chi connectivity index (χ3n) is 7.41. The minimum Gasteiger partial charge on any atom is -0.495 e. The van der Waals surface area contributed by atoms with E-state index in [4.69, 9.17) is 10.5 Å². The van der Waals surface area contributed by atoms with Gasteiger partial charge in [-0.2, -0.15) is 0 Å². The molecule has 6 rings (SSSR count). The van der Waals surface area contributed by atoms with Gasteiger partial charge in [0.15, 0.2) is 0 Å². The summed E-state index contributed by atoms with van der Waals surface area (Å²) in [5.41, 5.74) is 7.59. The van der Waals surface area contributed by atoms with E-state index in [1.54, 1.807) is 7.11 Å². The number of hydrogen-bond donors (Lipinski definition) is 1. The second-order valence-corrected chi connectivity index (χ2v) is 9.16. The standard InChI is InChI=1S/C23H33N7O2/c1-32-22-5-3-2-4-21(22)27-8-10-28(11-9-27)23(31)20-16-29-7-6-17(20)12-19(29)15-30-14-18(13-24)25-26-30/h2-5,14,17,19-20H,6-13,15-16,24H2,1H3. The van der Waals surface area contributed by atoms with Crippen molar-refractivity contribution in [2.45, 2.75) is 32.0 Å². The summed E-state index contributed by atoms with van der Waals surface area (Å²) in [7, 11) is 1.71. The van der Waals surface area contributed by atoms with Gasteiger partial charge in [0, 0.05) is 51.5 Å². The van der Waals surface area contributed by atoms with Gasteiger partial charge in [-0.25, -0.2) is 0 Å². The van der Waals surface area contributed by atoms with Crippen molar-refractivity contribution in [3.63, 3.8) is 0 Å². The Hall–Kier alpha value is -2.65. The van der Waals surface area contributed by atoms with Crippen molar-refractivity contribution in [2.24, 2.45) is 17.6 Å². The predicted molar refractivity (Wildman–Crippen MR) is 121 cm³/mol. The maximum Gasteiger partial charge on any atom is 0.227 e. The van der Waals surface area contributed by atoms with Crippen LogP contribution in [-0.2, 0) is 17.9 Å². The highest BCUT2D eigenvalue weighted by molar-refractivity contribution is 5.80. The summed E-state index contributed by atoms with van der Waals surface area (Å²) >= 11 is 0. The number of para-hydroxylation sites is 2. The van der Waals surface area contributed by atoms with Crippen LogP contribution in [0.15, 0.2) is 30.5 Å². The lowest BCUT2D eigenvalue weighted by Crippen LogP contribution is -2.60. The van der Waals surface area contributed by atoms with E-state index in [1.807, 2.05) is 29.1 Å². The first-order chi connectivity index (χ1) is 15.7. The maximum atomic E-state index is 13.4. The van der Waals surface area contributed by atoms with Crippen molar-refractivity contribution in [3.8, 4) is 5.75 Å². The summed E-state index contributed by atoms with van der Waals surface area (Å²) < 4.78 is 7.42. The molecular weight excluding hydrogens is 406 g/mol. The molecule has 9 heteroatoms. The number of benzene rings is 1. The van der Waals surface area contributed by atoms with Crippen LogP contribution in [0.2, 0.25) is 0 Å². The normalized spacial score (nSPS) is 27.6. The van der Waals surface area contributed by atoms with Crippen molar-refractivity contribution >= 4 is 11.6 Å². The second kappa shape index (κ2) is 9.07. The zero-order chi connectivity index (χ0) is 22.1. The van der Waals surface area contributed by atoms with E-state index in [0.717, 1.165) is 75.8 Å². The fourth-order valence-corrected chi connectivity index (χ4v) is 5.64. The summed E-state index contributed by atoms with van der Waals surface area (Å²) in [6.07, 6.45) is 4.10. The number of piperidine rings is 3. The Bertz CT molecular complexity index is 940. The Morgan fingerprint density at radius 3 is 2.69 bits per heavy atom. The third kappa shape index (κ3) is 4.06. The average molecular weight is 440 g/mol. The number of anilines is 1. The summed E-state index contributed by atoms with van der Waals surface area (Å²) in [6, 6.07) is 8.53. The smallest absolute Gasteiger partial charge is 0.227 e. The Labute approximate surface area is 189 Å². The van der Waals surface area contributed by atoms with Gasteiger partial charge in [-0.05, 0) is 37.4 Å². The molecule has 172 valence electrons. The fraction of sp³-hybridized carbons (Fsp3) is 0.609. The molecular formula is C23H33N7O2. The highest BCUT2D eigenvalue weighted by Gasteiger charge is 2.44. The number of amides is 1. The number of rotatable bonds is 6. The number of nitrogens with two attached hydrogens (primary N) is 1. The summed E-state index contributed by atoms with van der Waals surface area (Å²) in [4.78, 5) is 20.3. The predicted octanol–water partition coefficient (Wildman–Crippen LogP) is 0.805. The Morgan fingerprint density at radius 1 is 1.19 bits per heavy atom. The van der Waals surface area contributed by atoms with Gasteiger partial charge in [0.05, 0.1) is 31.0 Å². The molecule has 5 heterocycles. The lowest BCUT2D eigenvalue weighted by molar-refractivity contribution is -0.144. The molecule has 0 spiro atoms. The van der Waals surface area contributed by atoms with E-state index in [1.165, 1.54) is 0 Å². The number of ether oxygens (including phenoxy) is 1. The van der Waals surface area contributed by atoms with Crippen LogP contribution in [0.3, 0.4) is 0 Å². The van der Waals surface area contributed by atoms with E-state index in [-0.39, 0.29) is 5.92 Å². The molecule has 4 aliphatic rings. The second-order valence-electron chi connectivity index (χ2n) is 9.16. The van der Waals surface area contributed by atoms with E-state index in [9.17, 15) is 4.79 Å². The fourth-order valence-electron chi connectivity index (χ4n) is 5.64. The van der Waals surface area contributed by atoms with Crippen LogP contribution in [0.5, 0.6) is 5.75 Å². The molecule has 4 atom stereocenters. The van der Waals surface area contributed by atoms with Crippen molar-refractivity contribution in [3.05, 3.63) is 36.2 Å². The Morgan fingerprint density at radius 2 is 2.00 bits per heavy atom. The van der Waals surface area contributed by atoms with Crippen LogP contribution in [0.25, 0.3) is 0 Å². The molecule has 4 aliphatic heterocycles. The van der Waals surface area contributed by atoms with Crippen molar-refractivity contribution < 1.29 is 9.53 Å². The number of hydrogen-bond acceptors (Lipinski definition) is 7. The Balaban J connectivity index is 1.17. The largest absolute Gasteiger partial charge is 0.495 e. The number of fused-ring (bicyclic) bond motifs is 3. The topological polar surface area (TPSA) is 92.8 Å². The number of carbonyl (C=O) groups excluding carboxylic acids is 1. The van der Waals surface area contributed by atoms with Gasteiger partial charge in [-0.1, -0.05) is 17.3 Å². The number of methoxy groups -OCH3 is 1. The first-order valence-electron chi connectivity index (χ1n) is 11.7. The van der Waals surface area contributed by atoms with Crippen LogP contribution < -0.4 is 15.4 Å². The zero-order valence-electron chi connectivity index (χ0n) is 18.8. The average Bonchev–Trinajstić information content (AvgIpc) is 3.31.